The van der Waals surface area contributed by atoms with Crippen LogP contribution in [0.4, 0.5) is 0 Å². The van der Waals surface area contributed by atoms with Crippen molar-refractivity contribution in [2.45, 2.75) is 33.1 Å². The van der Waals surface area contributed by atoms with Crippen LogP contribution in [0.3, 0.4) is 0 Å². The fourth-order valence-electron chi connectivity index (χ4n) is 8.24. The molecule has 0 N–H and O–H groups in total. The highest BCUT2D eigenvalue weighted by atomic mass is 16.3. The van der Waals surface area contributed by atoms with Gasteiger partial charge in [0.1, 0.15) is 11.2 Å². The molecule has 55 heavy (non-hydrogen) atoms. The number of fused-ring (bicyclic) bond motifs is 3. The van der Waals surface area contributed by atoms with Crippen molar-refractivity contribution in [3.8, 4) is 33.4 Å². The SMILES string of the molecule is CCC1/C=C(c2cccc3oc4ccccc4c23)\N=C(\c2cccc(-c3ccccc3)c2)CC/C(C)=C/1c1ccc(-c2ccc(-c3ccccc3)cc2)cc1. The van der Waals surface area contributed by atoms with Crippen molar-refractivity contribution in [3.05, 3.63) is 204 Å². The highest BCUT2D eigenvalue weighted by Crippen LogP contribution is 2.41. The number of para-hydroxylation sites is 1. The number of aliphatic imine (C=N–C) groups is 1. The van der Waals surface area contributed by atoms with Crippen molar-refractivity contribution in [2.24, 2.45) is 10.9 Å². The minimum absolute atomic E-state index is 0.165. The number of rotatable bonds is 7. The Morgan fingerprint density at radius 2 is 1.04 bits per heavy atom. The summed E-state index contributed by atoms with van der Waals surface area (Å²) in [5, 5.41) is 2.23. The van der Waals surface area contributed by atoms with Crippen LogP contribution < -0.4 is 0 Å². The molecule has 0 radical (unpaired) electrons. The third kappa shape index (κ3) is 6.88. The fraction of sp³-hybridized carbons (Fsp3) is 0.113. The van der Waals surface area contributed by atoms with Crippen molar-refractivity contribution >= 4 is 38.9 Å². The van der Waals surface area contributed by atoms with Gasteiger partial charge in [0.2, 0.25) is 0 Å². The monoisotopic (exact) mass is 709 g/mol. The molecule has 0 fully saturated rings. The zero-order chi connectivity index (χ0) is 37.1. The second-order valence-electron chi connectivity index (χ2n) is 14.6. The number of furan rings is 1. The van der Waals surface area contributed by atoms with Crippen LogP contribution in [0.5, 0.6) is 0 Å². The number of allylic oxidation sites excluding steroid dienone is 3. The first-order valence-electron chi connectivity index (χ1n) is 19.4. The summed E-state index contributed by atoms with van der Waals surface area (Å²) in [6.45, 7) is 4.63. The van der Waals surface area contributed by atoms with Gasteiger partial charge in [0, 0.05) is 28.0 Å². The van der Waals surface area contributed by atoms with Crippen LogP contribution in [0.25, 0.3) is 66.6 Å². The normalized spacial score (nSPS) is 18.2. The Morgan fingerprint density at radius 3 is 1.71 bits per heavy atom. The van der Waals surface area contributed by atoms with Crippen LogP contribution in [-0.2, 0) is 0 Å². The predicted molar refractivity (Wildman–Crippen MR) is 233 cm³/mol. The molecule has 2 nitrogen and oxygen atoms in total. The van der Waals surface area contributed by atoms with E-state index in [-0.39, 0.29) is 5.92 Å². The molecule has 0 saturated carbocycles. The lowest BCUT2D eigenvalue weighted by Gasteiger charge is -2.21. The predicted octanol–water partition coefficient (Wildman–Crippen LogP) is 14.7. The van der Waals surface area contributed by atoms with Crippen LogP contribution in [-0.4, -0.2) is 5.71 Å². The van der Waals surface area contributed by atoms with Gasteiger partial charge in [-0.3, -0.25) is 4.99 Å². The summed E-state index contributed by atoms with van der Waals surface area (Å²) in [4.78, 5) is 5.66. The van der Waals surface area contributed by atoms with Crippen molar-refractivity contribution in [3.63, 3.8) is 0 Å². The smallest absolute Gasteiger partial charge is 0.136 e. The second-order valence-corrected chi connectivity index (χ2v) is 14.6. The Labute approximate surface area is 323 Å². The maximum atomic E-state index is 6.39. The van der Waals surface area contributed by atoms with Gasteiger partial charge in [0.25, 0.3) is 0 Å². The molecule has 2 heteroatoms. The van der Waals surface area contributed by atoms with Crippen molar-refractivity contribution in [1.82, 2.24) is 0 Å². The van der Waals surface area contributed by atoms with Gasteiger partial charge in [-0.15, -0.1) is 0 Å². The first-order valence-corrected chi connectivity index (χ1v) is 19.4. The van der Waals surface area contributed by atoms with Gasteiger partial charge in [-0.1, -0.05) is 176 Å². The average Bonchev–Trinajstić information content (AvgIpc) is 3.66. The summed E-state index contributed by atoms with van der Waals surface area (Å²) in [7, 11) is 0. The molecular weight excluding hydrogens is 667 g/mol. The summed E-state index contributed by atoms with van der Waals surface area (Å²) in [6.07, 6.45) is 5.13. The van der Waals surface area contributed by atoms with Gasteiger partial charge in [-0.25, -0.2) is 0 Å². The minimum atomic E-state index is 0.165. The minimum Gasteiger partial charge on any atom is -0.456 e. The average molecular weight is 710 g/mol. The van der Waals surface area contributed by atoms with E-state index in [9.17, 15) is 0 Å². The van der Waals surface area contributed by atoms with Gasteiger partial charge >= 0.3 is 0 Å². The molecule has 0 amide bonds. The van der Waals surface area contributed by atoms with Gasteiger partial charge in [0.05, 0.1) is 5.70 Å². The molecule has 0 aliphatic carbocycles. The van der Waals surface area contributed by atoms with E-state index in [1.54, 1.807) is 0 Å². The number of benzene rings is 7. The summed E-state index contributed by atoms with van der Waals surface area (Å²) in [5.74, 6) is 0.165. The van der Waals surface area contributed by atoms with Gasteiger partial charge in [-0.2, -0.15) is 0 Å². The molecule has 2 heterocycles. The van der Waals surface area contributed by atoms with Crippen molar-refractivity contribution < 1.29 is 4.42 Å². The lowest BCUT2D eigenvalue weighted by Crippen LogP contribution is -2.04. The Bertz CT molecular complexity index is 2710. The lowest BCUT2D eigenvalue weighted by atomic mass is 9.84. The summed E-state index contributed by atoms with van der Waals surface area (Å²) < 4.78 is 6.39. The zero-order valence-corrected chi connectivity index (χ0v) is 31.4. The Balaban J connectivity index is 1.15. The number of nitrogens with zero attached hydrogens (tertiary/aromatic N) is 1. The van der Waals surface area contributed by atoms with Gasteiger partial charge in [-0.05, 0) is 94.5 Å². The molecule has 0 spiro atoms. The molecule has 0 bridgehead atoms. The van der Waals surface area contributed by atoms with Crippen LogP contribution in [0.15, 0.2) is 197 Å². The first kappa shape index (κ1) is 34.3. The highest BCUT2D eigenvalue weighted by molar-refractivity contribution is 6.12. The van der Waals surface area contributed by atoms with Crippen molar-refractivity contribution in [1.29, 1.82) is 0 Å². The molecule has 266 valence electrons. The Morgan fingerprint density at radius 1 is 0.509 bits per heavy atom. The van der Waals surface area contributed by atoms with E-state index >= 15 is 0 Å². The quantitative estimate of drug-likeness (QED) is 0.162. The third-order valence-electron chi connectivity index (χ3n) is 11.1. The van der Waals surface area contributed by atoms with Gasteiger partial charge < -0.3 is 4.42 Å². The lowest BCUT2D eigenvalue weighted by molar-refractivity contribution is 0.669. The second kappa shape index (κ2) is 15.1. The zero-order valence-electron chi connectivity index (χ0n) is 31.4. The molecule has 0 saturated heterocycles. The van der Waals surface area contributed by atoms with E-state index in [4.69, 9.17) is 9.41 Å². The molecule has 1 aromatic heterocycles. The van der Waals surface area contributed by atoms with E-state index in [0.717, 1.165) is 63.7 Å². The van der Waals surface area contributed by atoms with Gasteiger partial charge in [0.15, 0.2) is 0 Å². The van der Waals surface area contributed by atoms with Crippen LogP contribution in [0.2, 0.25) is 0 Å². The molecule has 1 unspecified atom stereocenters. The highest BCUT2D eigenvalue weighted by Gasteiger charge is 2.22. The summed E-state index contributed by atoms with van der Waals surface area (Å²) >= 11 is 0. The van der Waals surface area contributed by atoms with Crippen molar-refractivity contribution in [2.75, 3.05) is 0 Å². The molecule has 9 rings (SSSR count). The molecule has 1 aliphatic heterocycles. The molecule has 8 aromatic rings. The Kier molecular flexibility index (Phi) is 9.40. The van der Waals surface area contributed by atoms with Crippen LogP contribution in [0.1, 0.15) is 49.8 Å². The fourth-order valence-corrected chi connectivity index (χ4v) is 8.24. The maximum Gasteiger partial charge on any atom is 0.136 e. The standard InChI is InChI=1S/C53H43NO/c1-3-37-35-49(46-21-13-23-51-53(46)47-20-10-11-22-50(47)55-51)54-48(45-19-12-18-44(34-45)39-16-8-5-9-17-39)33-24-36(2)52(37)43-31-29-42(30-32-43)41-27-25-40(26-28-41)38-14-6-4-7-15-38/h4-23,25-32,34-35,37H,3,24,33H2,1-2H3/b49-35-,52-36-,54-48+. The molecular formula is C53H43NO. The van der Waals surface area contributed by atoms with E-state index in [0.29, 0.717) is 0 Å². The third-order valence-corrected chi connectivity index (χ3v) is 11.1. The molecule has 1 atom stereocenters. The summed E-state index contributed by atoms with van der Waals surface area (Å²) in [6, 6.07) is 63.0. The van der Waals surface area contributed by atoms with E-state index < -0.39 is 0 Å². The maximum absolute atomic E-state index is 6.39. The molecule has 7 aromatic carbocycles. The topological polar surface area (TPSA) is 25.5 Å². The van der Waals surface area contributed by atoms with Crippen LogP contribution >= 0.6 is 0 Å². The number of hydrogen-bond acceptors (Lipinski definition) is 2. The number of hydrogen-bond donors (Lipinski definition) is 0. The largest absolute Gasteiger partial charge is 0.456 e. The summed E-state index contributed by atoms with van der Waals surface area (Å²) in [5.41, 5.74) is 17.5. The van der Waals surface area contributed by atoms with E-state index in [2.05, 4.69) is 190 Å². The molecule has 1 aliphatic rings. The van der Waals surface area contributed by atoms with Crippen LogP contribution in [0, 0.1) is 5.92 Å². The Hall–Kier alpha value is -6.51. The van der Waals surface area contributed by atoms with E-state index in [1.165, 1.54) is 50.1 Å². The van der Waals surface area contributed by atoms with E-state index in [1.807, 2.05) is 6.07 Å². The first-order chi connectivity index (χ1) is 27.1.